The van der Waals surface area contributed by atoms with Crippen LogP contribution in [0.25, 0.3) is 0 Å². The van der Waals surface area contributed by atoms with Gasteiger partial charge in [-0.2, -0.15) is 0 Å². The average molecular weight is 290 g/mol. The molecule has 1 aromatic rings. The van der Waals surface area contributed by atoms with Crippen molar-refractivity contribution in [2.75, 3.05) is 40.5 Å². The van der Waals surface area contributed by atoms with E-state index in [0.717, 1.165) is 17.2 Å². The Bertz CT molecular complexity index is 513. The Labute approximate surface area is 124 Å². The van der Waals surface area contributed by atoms with Crippen LogP contribution < -0.4 is 10.6 Å². The van der Waals surface area contributed by atoms with Crippen LogP contribution in [0.1, 0.15) is 15.9 Å². The number of hydroxylamine groups is 2. The maximum absolute atomic E-state index is 11.9. The molecule has 114 valence electrons. The van der Waals surface area contributed by atoms with Crippen molar-refractivity contribution in [2.45, 2.75) is 0 Å². The zero-order valence-corrected chi connectivity index (χ0v) is 12.3. The summed E-state index contributed by atoms with van der Waals surface area (Å²) in [4.78, 5) is 18.1. The van der Waals surface area contributed by atoms with Crippen LogP contribution >= 0.6 is 0 Å². The normalized spacial score (nSPS) is 15.5. The lowest BCUT2D eigenvalue weighted by Gasteiger charge is -2.31. The minimum Gasteiger partial charge on any atom is -0.783 e. The number of nitrogens with one attached hydrogen (secondary N) is 2. The first-order valence-corrected chi connectivity index (χ1v) is 6.80. The number of amidine groups is 1. The van der Waals surface area contributed by atoms with Crippen molar-refractivity contribution in [2.24, 2.45) is 4.99 Å². The molecule has 0 spiro atoms. The monoisotopic (exact) mass is 290 g/mol. The molecular weight excluding hydrogens is 270 g/mol. The second kappa shape index (κ2) is 7.16. The molecule has 0 aromatic heterocycles. The SMILES string of the molecule is CN(C)CCNC(=O)c1ccc(C2=NCN([O-])CN2)cc1. The maximum atomic E-state index is 11.9. The van der Waals surface area contributed by atoms with Gasteiger partial charge in [-0.15, -0.1) is 0 Å². The molecule has 1 aromatic carbocycles. The predicted octanol–water partition coefficient (Wildman–Crippen LogP) is 0.0426. The Morgan fingerprint density at radius 3 is 2.71 bits per heavy atom. The molecule has 1 amide bonds. The van der Waals surface area contributed by atoms with E-state index < -0.39 is 0 Å². The molecule has 7 nitrogen and oxygen atoms in total. The molecule has 1 aliphatic heterocycles. The van der Waals surface area contributed by atoms with Crippen molar-refractivity contribution in [3.63, 3.8) is 0 Å². The Hall–Kier alpha value is -1.96. The Kier molecular flexibility index (Phi) is 5.26. The second-order valence-corrected chi connectivity index (χ2v) is 5.10. The van der Waals surface area contributed by atoms with Gasteiger partial charge in [0.2, 0.25) is 0 Å². The highest BCUT2D eigenvalue weighted by Crippen LogP contribution is 2.07. The highest BCUT2D eigenvalue weighted by molar-refractivity contribution is 6.00. The maximum Gasteiger partial charge on any atom is 0.251 e. The molecule has 0 fully saturated rings. The molecule has 21 heavy (non-hydrogen) atoms. The van der Waals surface area contributed by atoms with E-state index in [4.69, 9.17) is 0 Å². The van der Waals surface area contributed by atoms with Crippen molar-refractivity contribution in [1.29, 1.82) is 0 Å². The molecule has 1 heterocycles. The number of hydrogen-bond acceptors (Lipinski definition) is 6. The third-order valence-electron chi connectivity index (χ3n) is 3.07. The minimum atomic E-state index is -0.0901. The Morgan fingerprint density at radius 1 is 1.43 bits per heavy atom. The molecule has 2 rings (SSSR count). The van der Waals surface area contributed by atoms with E-state index in [2.05, 4.69) is 15.6 Å². The highest BCUT2D eigenvalue weighted by Gasteiger charge is 2.09. The molecule has 0 atom stereocenters. The summed E-state index contributed by atoms with van der Waals surface area (Å²) >= 11 is 0. The van der Waals surface area contributed by atoms with Gasteiger partial charge < -0.3 is 25.8 Å². The van der Waals surface area contributed by atoms with Crippen LogP contribution in [0.15, 0.2) is 29.3 Å². The van der Waals surface area contributed by atoms with Crippen LogP contribution in [0.3, 0.4) is 0 Å². The lowest BCUT2D eigenvalue weighted by molar-refractivity contribution is 0.0951. The summed E-state index contributed by atoms with van der Waals surface area (Å²) in [6.07, 6.45) is 0. The number of rotatable bonds is 5. The van der Waals surface area contributed by atoms with Gasteiger partial charge in [0, 0.05) is 24.2 Å². The summed E-state index contributed by atoms with van der Waals surface area (Å²) in [5.74, 6) is 0.592. The standard InChI is InChI=1S/C14H20N5O2/c1-18(2)8-7-15-14(20)12-5-3-11(4-6-12)13-16-9-19(21)10-17-13/h3-6H,7-10H2,1-2H3,(H,15,20)(H,16,17)/q-1. The van der Waals surface area contributed by atoms with Crippen LogP contribution in [-0.4, -0.2) is 62.2 Å². The number of carbonyl (C=O) groups is 1. The van der Waals surface area contributed by atoms with Crippen LogP contribution in [-0.2, 0) is 0 Å². The van der Waals surface area contributed by atoms with E-state index in [-0.39, 0.29) is 19.2 Å². The Morgan fingerprint density at radius 2 is 2.14 bits per heavy atom. The number of hydrogen-bond donors (Lipinski definition) is 2. The van der Waals surface area contributed by atoms with Gasteiger partial charge in [-0.1, -0.05) is 12.1 Å². The first kappa shape index (κ1) is 15.4. The van der Waals surface area contributed by atoms with E-state index >= 15 is 0 Å². The predicted molar refractivity (Wildman–Crippen MR) is 81.9 cm³/mol. The van der Waals surface area contributed by atoms with Crippen LogP contribution in [0.4, 0.5) is 0 Å². The molecule has 2 N–H and O–H groups in total. The number of aliphatic imine (C=N–C) groups is 1. The average Bonchev–Trinajstić information content (AvgIpc) is 2.48. The van der Waals surface area contributed by atoms with E-state index in [0.29, 0.717) is 17.9 Å². The third-order valence-corrected chi connectivity index (χ3v) is 3.07. The van der Waals surface area contributed by atoms with Crippen molar-refractivity contribution >= 4 is 11.7 Å². The molecule has 0 saturated carbocycles. The van der Waals surface area contributed by atoms with Gasteiger partial charge in [-0.3, -0.25) is 9.79 Å². The molecular formula is C14H20N5O2-. The summed E-state index contributed by atoms with van der Waals surface area (Å²) in [6.45, 7) is 1.78. The van der Waals surface area contributed by atoms with Crippen molar-refractivity contribution < 1.29 is 4.79 Å². The largest absolute Gasteiger partial charge is 0.783 e. The summed E-state index contributed by atoms with van der Waals surface area (Å²) in [6, 6.07) is 7.17. The zero-order valence-electron chi connectivity index (χ0n) is 12.3. The number of benzene rings is 1. The Balaban J connectivity index is 1.94. The topological polar surface area (TPSA) is 83.0 Å². The molecule has 0 saturated heterocycles. The quantitative estimate of drug-likeness (QED) is 0.800. The molecule has 1 aliphatic rings. The smallest absolute Gasteiger partial charge is 0.251 e. The van der Waals surface area contributed by atoms with Gasteiger partial charge in [0.1, 0.15) is 5.84 Å². The van der Waals surface area contributed by atoms with E-state index in [9.17, 15) is 10.0 Å². The number of amides is 1. The van der Waals surface area contributed by atoms with Crippen LogP contribution in [0.2, 0.25) is 0 Å². The molecule has 7 heteroatoms. The summed E-state index contributed by atoms with van der Waals surface area (Å²) in [5.41, 5.74) is 1.48. The van der Waals surface area contributed by atoms with Gasteiger partial charge in [0.25, 0.3) is 5.91 Å². The van der Waals surface area contributed by atoms with Crippen LogP contribution in [0, 0.1) is 5.21 Å². The van der Waals surface area contributed by atoms with Gasteiger partial charge in [0.05, 0.1) is 13.3 Å². The van der Waals surface area contributed by atoms with Crippen molar-refractivity contribution in [3.05, 3.63) is 40.6 Å². The summed E-state index contributed by atoms with van der Waals surface area (Å²) in [5, 5.41) is 17.7. The first-order chi connectivity index (χ1) is 10.1. The minimum absolute atomic E-state index is 0.0901. The van der Waals surface area contributed by atoms with Crippen LogP contribution in [0.5, 0.6) is 0 Å². The lowest BCUT2D eigenvalue weighted by atomic mass is 10.1. The third kappa shape index (κ3) is 4.52. The second-order valence-electron chi connectivity index (χ2n) is 5.10. The van der Waals surface area contributed by atoms with Gasteiger partial charge >= 0.3 is 0 Å². The molecule has 0 radical (unpaired) electrons. The number of carbonyl (C=O) groups excluding carboxylic acids is 1. The zero-order chi connectivity index (χ0) is 15.2. The highest BCUT2D eigenvalue weighted by atomic mass is 16.5. The number of likely N-dealkylation sites (N-methyl/N-ethyl adjacent to an activating group) is 1. The molecule has 0 bridgehead atoms. The van der Waals surface area contributed by atoms with E-state index in [1.54, 1.807) is 12.1 Å². The fourth-order valence-corrected chi connectivity index (χ4v) is 1.89. The summed E-state index contributed by atoms with van der Waals surface area (Å²) in [7, 11) is 3.92. The molecule has 0 aliphatic carbocycles. The fraction of sp³-hybridized carbons (Fsp3) is 0.429. The van der Waals surface area contributed by atoms with E-state index in [1.165, 1.54) is 0 Å². The van der Waals surface area contributed by atoms with Crippen molar-refractivity contribution in [3.8, 4) is 0 Å². The van der Waals surface area contributed by atoms with Gasteiger partial charge in [0.15, 0.2) is 0 Å². The van der Waals surface area contributed by atoms with Gasteiger partial charge in [-0.05, 0) is 26.2 Å². The summed E-state index contributed by atoms with van der Waals surface area (Å²) < 4.78 is 0. The van der Waals surface area contributed by atoms with Gasteiger partial charge in [-0.25, -0.2) is 0 Å². The molecule has 0 unspecified atom stereocenters. The van der Waals surface area contributed by atoms with E-state index in [1.807, 2.05) is 31.1 Å². The number of nitrogens with zero attached hydrogens (tertiary/aromatic N) is 3. The first-order valence-electron chi connectivity index (χ1n) is 6.80. The lowest BCUT2D eigenvalue weighted by Crippen LogP contribution is -2.40. The van der Waals surface area contributed by atoms with Crippen molar-refractivity contribution in [1.82, 2.24) is 20.6 Å². The fourth-order valence-electron chi connectivity index (χ4n) is 1.89.